The molecule has 0 fully saturated rings. The van der Waals surface area contributed by atoms with Crippen molar-refractivity contribution in [2.75, 3.05) is 18.1 Å². The van der Waals surface area contributed by atoms with Crippen LogP contribution in [0.1, 0.15) is 219 Å². The summed E-state index contributed by atoms with van der Waals surface area (Å²) in [5.41, 5.74) is 6.13. The molecule has 2 amide bonds. The van der Waals surface area contributed by atoms with Crippen molar-refractivity contribution in [3.63, 3.8) is 0 Å². The Balaban J connectivity index is 5.04. The molecule has 16 heteroatoms. The lowest BCUT2D eigenvalue weighted by atomic mass is 10.0. The number of hydrogen-bond acceptors (Lipinski definition) is 11. The van der Waals surface area contributed by atoms with Crippen molar-refractivity contribution < 1.29 is 58.4 Å². The van der Waals surface area contributed by atoms with Gasteiger partial charge in [0.15, 0.2) is 0 Å². The van der Waals surface area contributed by atoms with Gasteiger partial charge in [0.1, 0.15) is 24.8 Å². The Bertz CT molecular complexity index is 1270. The van der Waals surface area contributed by atoms with E-state index in [1.165, 1.54) is 127 Å². The maximum Gasteiger partial charge on any atom is 0.326 e. The van der Waals surface area contributed by atoms with Gasteiger partial charge in [0.05, 0.1) is 6.04 Å². The van der Waals surface area contributed by atoms with Crippen molar-refractivity contribution in [1.82, 2.24) is 10.6 Å². The number of amides is 2. The molecule has 0 aromatic carbocycles. The number of carboxylic acids is 3. The molecule has 0 saturated heterocycles. The zero-order valence-corrected chi connectivity index (χ0v) is 40.4. The Hall–Kier alpha value is -3.40. The summed E-state index contributed by atoms with van der Waals surface area (Å²) in [5.74, 6) is -6.45. The van der Waals surface area contributed by atoms with Gasteiger partial charge >= 0.3 is 29.8 Å². The zero-order valence-electron chi connectivity index (χ0n) is 39.6. The monoisotopic (exact) mass is 930 g/mol. The fraction of sp³-hybridized carbons (Fsp3) is 0.854. The molecule has 372 valence electrons. The first-order chi connectivity index (χ1) is 30.8. The first-order valence-corrected chi connectivity index (χ1v) is 25.9. The largest absolute Gasteiger partial charge is 0.481 e. The fourth-order valence-corrected chi connectivity index (χ4v) is 8.18. The van der Waals surface area contributed by atoms with Crippen LogP contribution in [0.25, 0.3) is 0 Å². The maximum absolute atomic E-state index is 13.0. The molecule has 0 bridgehead atoms. The van der Waals surface area contributed by atoms with E-state index in [4.69, 9.17) is 20.3 Å². The predicted molar refractivity (Wildman–Crippen MR) is 252 cm³/mol. The van der Waals surface area contributed by atoms with Gasteiger partial charge in [-0.1, -0.05) is 168 Å². The molecule has 1 unspecified atom stereocenters. The van der Waals surface area contributed by atoms with Gasteiger partial charge in [-0.05, 0) is 25.7 Å². The van der Waals surface area contributed by atoms with E-state index in [-0.39, 0.29) is 43.3 Å². The number of carbonyl (C=O) groups is 7. The van der Waals surface area contributed by atoms with Crippen molar-refractivity contribution in [3.8, 4) is 0 Å². The third kappa shape index (κ3) is 37.9. The second-order valence-electron chi connectivity index (χ2n) is 17.2. The highest BCUT2D eigenvalue weighted by Gasteiger charge is 2.29. The molecule has 0 heterocycles. The number of hydrogen-bond donors (Lipinski definition) is 6. The van der Waals surface area contributed by atoms with Crippen LogP contribution in [-0.2, 0) is 43.0 Å². The van der Waals surface area contributed by atoms with E-state index in [2.05, 4.69) is 24.5 Å². The molecule has 0 aromatic heterocycles. The molecular weight excluding hydrogens is 843 g/mol. The van der Waals surface area contributed by atoms with Crippen LogP contribution < -0.4 is 16.4 Å². The number of unbranched alkanes of at least 4 members (excludes halogenated alkanes) is 24. The molecule has 0 aromatic rings. The number of aliphatic carboxylic acids is 3. The first-order valence-electron chi connectivity index (χ1n) is 24.8. The fourth-order valence-electron chi connectivity index (χ4n) is 7.21. The number of thioether (sulfide) groups is 1. The van der Waals surface area contributed by atoms with Crippen molar-refractivity contribution in [2.45, 2.75) is 244 Å². The normalized spacial score (nSPS) is 13.0. The van der Waals surface area contributed by atoms with Gasteiger partial charge in [0.25, 0.3) is 0 Å². The number of esters is 2. The van der Waals surface area contributed by atoms with Gasteiger partial charge in [-0.3, -0.25) is 28.8 Å². The van der Waals surface area contributed by atoms with Crippen LogP contribution in [-0.4, -0.2) is 99.3 Å². The number of rotatable bonds is 46. The number of nitrogens with two attached hydrogens (primary N) is 1. The molecule has 64 heavy (non-hydrogen) atoms. The van der Waals surface area contributed by atoms with E-state index in [0.717, 1.165) is 38.5 Å². The van der Waals surface area contributed by atoms with Gasteiger partial charge in [0.2, 0.25) is 11.8 Å². The minimum absolute atomic E-state index is 0.00468. The maximum atomic E-state index is 13.0. The smallest absolute Gasteiger partial charge is 0.326 e. The van der Waals surface area contributed by atoms with Crippen LogP contribution in [0, 0.1) is 0 Å². The second kappa shape index (κ2) is 42.2. The van der Waals surface area contributed by atoms with E-state index in [1.54, 1.807) is 0 Å². The lowest BCUT2D eigenvalue weighted by molar-refractivity contribution is -0.157. The van der Waals surface area contributed by atoms with Crippen LogP contribution in [0.15, 0.2) is 0 Å². The summed E-state index contributed by atoms with van der Waals surface area (Å²) >= 11 is 1.17. The van der Waals surface area contributed by atoms with E-state index in [0.29, 0.717) is 12.8 Å². The lowest BCUT2D eigenvalue weighted by Gasteiger charge is -2.23. The number of carbonyl (C=O) groups excluding carboxylic acids is 4. The summed E-state index contributed by atoms with van der Waals surface area (Å²) in [6.45, 7) is 4.31. The highest BCUT2D eigenvalue weighted by molar-refractivity contribution is 7.99. The average molecular weight is 930 g/mol. The van der Waals surface area contributed by atoms with Crippen molar-refractivity contribution >= 4 is 53.4 Å². The molecule has 15 nitrogen and oxygen atoms in total. The minimum atomic E-state index is -1.58. The standard InChI is InChI=1S/C48H87N3O12S/c1-3-5-7-9-11-13-15-17-19-21-23-25-27-29-44(56)62-35-38(63-45(57)30-28-26-24-22-20-18-16-14-12-10-8-6-4-2)36-64-37-39(49)46(58)50-40(31-33-42(52)53)47(59)51-41(48(60)61)32-34-43(54)55/h38-41H,3-37,49H2,1-2H3,(H,50,58)(H,51,59)(H,52,53)(H,54,55)(H,60,61)/t38-,39?,40-,41+/m1/s1. The Morgan fingerprint density at radius 3 is 1.27 bits per heavy atom. The molecule has 0 saturated carbocycles. The molecule has 0 spiro atoms. The van der Waals surface area contributed by atoms with E-state index in [9.17, 15) is 43.8 Å². The van der Waals surface area contributed by atoms with Crippen molar-refractivity contribution in [2.24, 2.45) is 5.73 Å². The molecule has 0 aliphatic rings. The summed E-state index contributed by atoms with van der Waals surface area (Å²) in [7, 11) is 0. The Kier molecular flexibility index (Phi) is 40.0. The van der Waals surface area contributed by atoms with Crippen LogP contribution in [0.3, 0.4) is 0 Å². The average Bonchev–Trinajstić information content (AvgIpc) is 3.25. The van der Waals surface area contributed by atoms with E-state index < -0.39 is 79.2 Å². The second-order valence-corrected chi connectivity index (χ2v) is 18.3. The van der Waals surface area contributed by atoms with Gasteiger partial charge < -0.3 is 41.2 Å². The SMILES string of the molecule is CCCCCCCCCCCCCCCC(=O)OC[C@H](CSCC(N)C(=O)N[C@H](CCC(=O)O)C(=O)N[C@@H](CCC(=O)O)C(=O)O)OC(=O)CCCCCCCCCCCCCCC. The molecule has 0 radical (unpaired) electrons. The van der Waals surface area contributed by atoms with Crippen LogP contribution in [0.5, 0.6) is 0 Å². The molecule has 7 N–H and O–H groups in total. The summed E-state index contributed by atoms with van der Waals surface area (Å²) in [5, 5.41) is 32.1. The first kappa shape index (κ1) is 60.6. The minimum Gasteiger partial charge on any atom is -0.481 e. The van der Waals surface area contributed by atoms with E-state index >= 15 is 0 Å². The number of carboxylic acid groups (broad SMARTS) is 3. The lowest BCUT2D eigenvalue weighted by Crippen LogP contribution is -2.55. The summed E-state index contributed by atoms with van der Waals surface area (Å²) in [6.07, 6.45) is 28.7. The van der Waals surface area contributed by atoms with Crippen LogP contribution in [0.4, 0.5) is 0 Å². The molecule has 4 atom stereocenters. The molecule has 0 rings (SSSR count). The number of nitrogens with one attached hydrogen (secondary N) is 2. The summed E-state index contributed by atoms with van der Waals surface area (Å²) in [4.78, 5) is 85.4. The Morgan fingerprint density at radius 2 is 0.859 bits per heavy atom. The quantitative estimate of drug-likeness (QED) is 0.0246. The predicted octanol–water partition coefficient (Wildman–Crippen LogP) is 9.25. The van der Waals surface area contributed by atoms with Crippen molar-refractivity contribution in [1.29, 1.82) is 0 Å². The van der Waals surface area contributed by atoms with Crippen molar-refractivity contribution in [3.05, 3.63) is 0 Å². The van der Waals surface area contributed by atoms with E-state index in [1.807, 2.05) is 0 Å². The van der Waals surface area contributed by atoms with Gasteiger partial charge in [-0.25, -0.2) is 4.79 Å². The third-order valence-electron chi connectivity index (χ3n) is 11.2. The Labute approximate surface area is 388 Å². The van der Waals surface area contributed by atoms with Crippen LogP contribution >= 0.6 is 11.8 Å². The highest BCUT2D eigenvalue weighted by atomic mass is 32.2. The highest BCUT2D eigenvalue weighted by Crippen LogP contribution is 2.17. The number of ether oxygens (including phenoxy) is 2. The van der Waals surface area contributed by atoms with Gasteiger partial charge in [0, 0.05) is 37.2 Å². The van der Waals surface area contributed by atoms with Crippen LogP contribution in [0.2, 0.25) is 0 Å². The third-order valence-corrected chi connectivity index (χ3v) is 12.4. The molecule has 0 aliphatic carbocycles. The zero-order chi connectivity index (χ0) is 47.6. The molecular formula is C48H87N3O12S. The van der Waals surface area contributed by atoms with Gasteiger partial charge in [-0.15, -0.1) is 0 Å². The Morgan fingerprint density at radius 1 is 0.484 bits per heavy atom. The topological polar surface area (TPSA) is 249 Å². The molecule has 0 aliphatic heterocycles. The summed E-state index contributed by atoms with van der Waals surface area (Å²) < 4.78 is 11.3. The van der Waals surface area contributed by atoms with Gasteiger partial charge in [-0.2, -0.15) is 11.8 Å². The summed E-state index contributed by atoms with van der Waals surface area (Å²) in [6, 6.07) is -4.24.